The Morgan fingerprint density at radius 3 is 2.32 bits per heavy atom. The monoisotopic (exact) mass is 347 g/mol. The van der Waals surface area contributed by atoms with Gasteiger partial charge in [0.15, 0.2) is 6.29 Å². The van der Waals surface area contributed by atoms with Gasteiger partial charge >= 0.3 is 0 Å². The fraction of sp³-hybridized carbons (Fsp3) is 0.444. The van der Waals surface area contributed by atoms with E-state index in [0.29, 0.717) is 32.1 Å². The minimum absolute atomic E-state index is 0.0411. The fourth-order valence-corrected chi connectivity index (χ4v) is 1.94. The van der Waals surface area contributed by atoms with Crippen molar-refractivity contribution in [3.8, 4) is 11.8 Å². The summed E-state index contributed by atoms with van der Waals surface area (Å²) < 4.78 is 16.1. The Labute approximate surface area is 148 Å². The molecule has 0 saturated heterocycles. The van der Waals surface area contributed by atoms with Crippen molar-refractivity contribution >= 4 is 11.6 Å². The van der Waals surface area contributed by atoms with Crippen LogP contribution in [0, 0.1) is 11.3 Å². The number of carbonyl (C=O) groups excluding carboxylic acids is 1. The summed E-state index contributed by atoms with van der Waals surface area (Å²) in [6.45, 7) is 7.57. The lowest BCUT2D eigenvalue weighted by Crippen LogP contribution is -2.29. The van der Waals surface area contributed by atoms with Crippen molar-refractivity contribution in [3.63, 3.8) is 0 Å². The zero-order valence-electron chi connectivity index (χ0n) is 14.9. The summed E-state index contributed by atoms with van der Waals surface area (Å²) in [6, 6.07) is 8.80. The molecule has 2 N–H and O–H groups in total. The molecule has 7 heteroatoms. The number of ether oxygens (including phenoxy) is 3. The van der Waals surface area contributed by atoms with E-state index in [1.165, 1.54) is 6.20 Å². The molecule has 0 radical (unpaired) electrons. The molecule has 1 aromatic rings. The molecule has 0 fully saturated rings. The van der Waals surface area contributed by atoms with Crippen LogP contribution in [0.2, 0.25) is 0 Å². The standard InChI is InChI=1S/C18H25N3O4/c1-4-23-16-9-7-15(8-10-16)21-18(22)14(11-19)12-20-13-17(24-5-2)25-6-3/h7-10,12,17,20H,4-6,13H2,1-3H3,(H,21,22)/b14-12-. The highest BCUT2D eigenvalue weighted by molar-refractivity contribution is 6.06. The van der Waals surface area contributed by atoms with E-state index in [1.807, 2.05) is 26.8 Å². The average molecular weight is 347 g/mol. The third-order valence-electron chi connectivity index (χ3n) is 3.02. The molecule has 0 heterocycles. The largest absolute Gasteiger partial charge is 0.494 e. The lowest BCUT2D eigenvalue weighted by Gasteiger charge is -2.16. The highest BCUT2D eigenvalue weighted by Crippen LogP contribution is 2.16. The molecule has 0 aliphatic carbocycles. The molecule has 1 amide bonds. The van der Waals surface area contributed by atoms with Crippen LogP contribution in [0.15, 0.2) is 36.0 Å². The third-order valence-corrected chi connectivity index (χ3v) is 3.02. The highest BCUT2D eigenvalue weighted by Gasteiger charge is 2.11. The Balaban J connectivity index is 2.59. The number of benzene rings is 1. The molecule has 0 spiro atoms. The van der Waals surface area contributed by atoms with Crippen LogP contribution in [0.3, 0.4) is 0 Å². The normalized spacial score (nSPS) is 11.1. The summed E-state index contributed by atoms with van der Waals surface area (Å²) in [6.07, 6.45) is 0.926. The molecule has 0 unspecified atom stereocenters. The van der Waals surface area contributed by atoms with Crippen molar-refractivity contribution in [1.29, 1.82) is 5.26 Å². The molecule has 136 valence electrons. The van der Waals surface area contributed by atoms with Crippen molar-refractivity contribution in [2.24, 2.45) is 0 Å². The number of rotatable bonds is 11. The van der Waals surface area contributed by atoms with Gasteiger partial charge in [-0.25, -0.2) is 0 Å². The SMILES string of the molecule is CCOc1ccc(NC(=O)/C(C#N)=C\NCC(OCC)OCC)cc1. The smallest absolute Gasteiger partial charge is 0.267 e. The molecule has 0 atom stereocenters. The van der Waals surface area contributed by atoms with Crippen LogP contribution in [0.1, 0.15) is 20.8 Å². The van der Waals surface area contributed by atoms with Crippen molar-refractivity contribution in [2.45, 2.75) is 27.1 Å². The third kappa shape index (κ3) is 7.70. The van der Waals surface area contributed by atoms with Gasteiger partial charge in [-0.1, -0.05) is 0 Å². The Morgan fingerprint density at radius 2 is 1.80 bits per heavy atom. The Hall–Kier alpha value is -2.56. The summed E-state index contributed by atoms with van der Waals surface area (Å²) in [4.78, 5) is 12.1. The molecule has 7 nitrogen and oxygen atoms in total. The molecule has 25 heavy (non-hydrogen) atoms. The first-order valence-electron chi connectivity index (χ1n) is 8.25. The molecule has 0 bridgehead atoms. The van der Waals surface area contributed by atoms with E-state index in [0.717, 1.165) is 5.75 Å². The Kier molecular flexibility index (Phi) is 9.75. The highest BCUT2D eigenvalue weighted by atomic mass is 16.7. The summed E-state index contributed by atoms with van der Waals surface area (Å²) in [5.41, 5.74) is 0.539. The van der Waals surface area contributed by atoms with Gasteiger partial charge in [0.2, 0.25) is 0 Å². The molecular formula is C18H25N3O4. The minimum Gasteiger partial charge on any atom is -0.494 e. The molecule has 0 aliphatic rings. The molecule has 0 aromatic heterocycles. The topological polar surface area (TPSA) is 92.6 Å². The van der Waals surface area contributed by atoms with Crippen molar-refractivity contribution in [1.82, 2.24) is 5.32 Å². The van der Waals surface area contributed by atoms with E-state index in [2.05, 4.69) is 10.6 Å². The van der Waals surface area contributed by atoms with Crippen molar-refractivity contribution in [3.05, 3.63) is 36.0 Å². The fourth-order valence-electron chi connectivity index (χ4n) is 1.94. The van der Waals surface area contributed by atoms with Gasteiger partial charge in [0.1, 0.15) is 17.4 Å². The lowest BCUT2D eigenvalue weighted by atomic mass is 10.2. The Bertz CT molecular complexity index is 587. The van der Waals surface area contributed by atoms with E-state index in [-0.39, 0.29) is 5.57 Å². The number of nitrogens with one attached hydrogen (secondary N) is 2. The number of anilines is 1. The van der Waals surface area contributed by atoms with Gasteiger partial charge in [-0.2, -0.15) is 5.26 Å². The van der Waals surface area contributed by atoms with Crippen molar-refractivity contribution < 1.29 is 19.0 Å². The molecule has 0 saturated carbocycles. The second-order valence-corrected chi connectivity index (χ2v) is 4.83. The minimum atomic E-state index is -0.497. The van der Waals surface area contributed by atoms with E-state index < -0.39 is 12.2 Å². The zero-order valence-corrected chi connectivity index (χ0v) is 14.9. The average Bonchev–Trinajstić information content (AvgIpc) is 2.61. The van der Waals surface area contributed by atoms with Crippen LogP contribution in [0.4, 0.5) is 5.69 Å². The Morgan fingerprint density at radius 1 is 1.16 bits per heavy atom. The van der Waals surface area contributed by atoms with E-state index >= 15 is 0 Å². The zero-order chi connectivity index (χ0) is 18.5. The second kappa shape index (κ2) is 11.9. The first kappa shape index (κ1) is 20.5. The van der Waals surface area contributed by atoms with Gasteiger partial charge in [0, 0.05) is 25.1 Å². The number of hydrogen-bond acceptors (Lipinski definition) is 6. The predicted octanol–water partition coefficient (Wildman–Crippen LogP) is 2.42. The molecule has 0 aliphatic heterocycles. The predicted molar refractivity (Wildman–Crippen MR) is 95.0 cm³/mol. The maximum absolute atomic E-state index is 12.1. The van der Waals surface area contributed by atoms with Gasteiger partial charge in [-0.05, 0) is 45.0 Å². The maximum atomic E-state index is 12.1. The van der Waals surface area contributed by atoms with Gasteiger partial charge in [0.05, 0.1) is 13.2 Å². The molecule has 1 rings (SSSR count). The number of carbonyl (C=O) groups is 1. The van der Waals surface area contributed by atoms with E-state index in [9.17, 15) is 4.79 Å². The van der Waals surface area contributed by atoms with Gasteiger partial charge < -0.3 is 24.8 Å². The summed E-state index contributed by atoms with van der Waals surface area (Å²) in [5, 5.41) is 14.7. The van der Waals surface area contributed by atoms with Crippen LogP contribution in [0.5, 0.6) is 5.75 Å². The lowest BCUT2D eigenvalue weighted by molar-refractivity contribution is -0.131. The van der Waals surface area contributed by atoms with Crippen LogP contribution in [-0.2, 0) is 14.3 Å². The van der Waals surface area contributed by atoms with E-state index in [1.54, 1.807) is 24.3 Å². The first-order chi connectivity index (χ1) is 12.1. The van der Waals surface area contributed by atoms with Crippen molar-refractivity contribution in [2.75, 3.05) is 31.7 Å². The van der Waals surface area contributed by atoms with Gasteiger partial charge in [-0.15, -0.1) is 0 Å². The van der Waals surface area contributed by atoms with Crippen LogP contribution in [-0.4, -0.2) is 38.6 Å². The van der Waals surface area contributed by atoms with Crippen LogP contribution in [0.25, 0.3) is 0 Å². The molecule has 1 aromatic carbocycles. The number of hydrogen-bond donors (Lipinski definition) is 2. The number of amides is 1. The summed E-state index contributed by atoms with van der Waals surface area (Å²) in [7, 11) is 0. The van der Waals surface area contributed by atoms with Gasteiger partial charge in [-0.3, -0.25) is 4.79 Å². The maximum Gasteiger partial charge on any atom is 0.267 e. The number of nitrogens with zero attached hydrogens (tertiary/aromatic N) is 1. The quantitative estimate of drug-likeness (QED) is 0.363. The van der Waals surface area contributed by atoms with Crippen LogP contribution < -0.4 is 15.4 Å². The van der Waals surface area contributed by atoms with Gasteiger partial charge in [0.25, 0.3) is 5.91 Å². The summed E-state index contributed by atoms with van der Waals surface area (Å²) >= 11 is 0. The summed E-state index contributed by atoms with van der Waals surface area (Å²) in [5.74, 6) is 0.222. The second-order valence-electron chi connectivity index (χ2n) is 4.83. The number of nitriles is 1. The first-order valence-corrected chi connectivity index (χ1v) is 8.25. The van der Waals surface area contributed by atoms with E-state index in [4.69, 9.17) is 19.5 Å². The molecular weight excluding hydrogens is 322 g/mol. The van der Waals surface area contributed by atoms with Crippen LogP contribution >= 0.6 is 0 Å².